The average Bonchev–Trinajstić information content (AvgIpc) is 3.23. The van der Waals surface area contributed by atoms with Crippen LogP contribution in [0.2, 0.25) is 0 Å². The van der Waals surface area contributed by atoms with Crippen LogP contribution in [0.4, 0.5) is 4.79 Å². The molecule has 4 rings (SSSR count). The Labute approximate surface area is 231 Å². The van der Waals surface area contributed by atoms with Crippen LogP contribution in [0, 0.1) is 25.7 Å². The lowest BCUT2D eigenvalue weighted by Crippen LogP contribution is -2.53. The molecule has 0 unspecified atom stereocenters. The van der Waals surface area contributed by atoms with Crippen LogP contribution in [0.5, 0.6) is 0 Å². The third kappa shape index (κ3) is 5.68. The Morgan fingerprint density at radius 1 is 1.10 bits per heavy atom. The number of amides is 4. The molecular weight excluding hydrogens is 496 g/mol. The summed E-state index contributed by atoms with van der Waals surface area (Å²) in [6, 6.07) is 4.57. The van der Waals surface area contributed by atoms with Gasteiger partial charge >= 0.3 is 12.0 Å². The fourth-order valence-electron chi connectivity index (χ4n) is 6.10. The lowest BCUT2D eigenvalue weighted by Gasteiger charge is -2.37. The summed E-state index contributed by atoms with van der Waals surface area (Å²) in [5.74, 6) is -0.519. The molecule has 3 aliphatic heterocycles. The fraction of sp³-hybridized carbons (Fsp3) is 0.600. The van der Waals surface area contributed by atoms with Gasteiger partial charge in [0, 0.05) is 19.6 Å². The molecule has 1 N–H and O–H groups in total. The highest BCUT2D eigenvalue weighted by atomic mass is 16.5. The average molecular weight is 539 g/mol. The van der Waals surface area contributed by atoms with E-state index in [4.69, 9.17) is 4.74 Å². The molecule has 1 aromatic carbocycles. The molecule has 1 saturated heterocycles. The topological polar surface area (TPSA) is 99.3 Å². The number of hydrogen-bond donors (Lipinski definition) is 1. The van der Waals surface area contributed by atoms with Gasteiger partial charge < -0.3 is 19.9 Å². The van der Waals surface area contributed by atoms with Gasteiger partial charge in [-0.2, -0.15) is 0 Å². The fourth-order valence-corrected chi connectivity index (χ4v) is 6.10. The number of carbonyl (C=O) groups is 4. The van der Waals surface area contributed by atoms with Crippen molar-refractivity contribution in [3.8, 4) is 0 Å². The maximum atomic E-state index is 14.2. The molecule has 9 heteroatoms. The van der Waals surface area contributed by atoms with E-state index in [1.807, 2.05) is 46.8 Å². The molecule has 0 radical (unpaired) electrons. The van der Waals surface area contributed by atoms with Gasteiger partial charge in [-0.1, -0.05) is 37.6 Å². The van der Waals surface area contributed by atoms with Crippen molar-refractivity contribution < 1.29 is 23.9 Å². The number of nitrogens with one attached hydrogen (secondary N) is 1. The quantitative estimate of drug-likeness (QED) is 0.509. The normalized spacial score (nSPS) is 20.9. The summed E-state index contributed by atoms with van der Waals surface area (Å²) in [5.41, 5.74) is 4.23. The number of rotatable bonds is 8. The number of carbonyl (C=O) groups excluding carboxylic acids is 4. The van der Waals surface area contributed by atoms with Crippen LogP contribution >= 0.6 is 0 Å². The van der Waals surface area contributed by atoms with Crippen molar-refractivity contribution in [1.82, 2.24) is 20.0 Å². The van der Waals surface area contributed by atoms with Crippen LogP contribution in [0.25, 0.3) is 0 Å². The third-order valence-electron chi connectivity index (χ3n) is 8.08. The van der Waals surface area contributed by atoms with Gasteiger partial charge in [0.1, 0.15) is 6.04 Å². The lowest BCUT2D eigenvalue weighted by molar-refractivity contribution is -0.152. The van der Waals surface area contributed by atoms with E-state index in [0.29, 0.717) is 56.8 Å². The van der Waals surface area contributed by atoms with Crippen molar-refractivity contribution in [2.24, 2.45) is 11.8 Å². The summed E-state index contributed by atoms with van der Waals surface area (Å²) in [6.07, 6.45) is 1.63. The zero-order valence-electron chi connectivity index (χ0n) is 24.1. The van der Waals surface area contributed by atoms with Crippen molar-refractivity contribution in [1.29, 1.82) is 0 Å². The molecule has 0 spiro atoms. The first-order valence-electron chi connectivity index (χ1n) is 14.2. The standard InChI is InChI=1S/C30H42N4O5/c1-7-33-24-17-34(28(36)25(24)26(31-30(33)38)22-10-9-19(5)16-20(22)6)23(15-18(3)4)27(35)32-13-11-21(12-14-32)29(37)39-8-2/h9-10,16,18,21,23,26H,7-8,11-15,17H2,1-6H3,(H,31,38)/t23-,26+/m0/s1. The SMILES string of the molecule is CCOC(=O)C1CCN(C(=O)[C@H](CC(C)C)N2CC3=C(C2=O)[C@@H](c2ccc(C)cc2C)NC(=O)N3CC)CC1. The predicted molar refractivity (Wildman–Crippen MR) is 147 cm³/mol. The Morgan fingerprint density at radius 2 is 1.79 bits per heavy atom. The highest BCUT2D eigenvalue weighted by Gasteiger charge is 2.48. The minimum atomic E-state index is -0.643. The van der Waals surface area contributed by atoms with Gasteiger partial charge in [0.15, 0.2) is 0 Å². The zero-order valence-corrected chi connectivity index (χ0v) is 24.1. The molecule has 4 amide bonds. The van der Waals surface area contributed by atoms with Gasteiger partial charge in [0.05, 0.1) is 36.4 Å². The number of hydrogen-bond acceptors (Lipinski definition) is 5. The Morgan fingerprint density at radius 3 is 2.38 bits per heavy atom. The van der Waals surface area contributed by atoms with E-state index in [-0.39, 0.29) is 42.2 Å². The van der Waals surface area contributed by atoms with Crippen molar-refractivity contribution in [2.45, 2.75) is 72.9 Å². The molecule has 39 heavy (non-hydrogen) atoms. The molecule has 3 heterocycles. The first-order chi connectivity index (χ1) is 18.6. The highest BCUT2D eigenvalue weighted by Crippen LogP contribution is 2.39. The molecule has 212 valence electrons. The second-order valence-corrected chi connectivity index (χ2v) is 11.3. The Balaban J connectivity index is 1.62. The van der Waals surface area contributed by atoms with Crippen molar-refractivity contribution >= 4 is 23.8 Å². The zero-order chi connectivity index (χ0) is 28.4. The van der Waals surface area contributed by atoms with Gasteiger partial charge in [0.2, 0.25) is 5.91 Å². The monoisotopic (exact) mass is 538 g/mol. The summed E-state index contributed by atoms with van der Waals surface area (Å²) >= 11 is 0. The van der Waals surface area contributed by atoms with E-state index in [9.17, 15) is 19.2 Å². The molecule has 0 saturated carbocycles. The second-order valence-electron chi connectivity index (χ2n) is 11.3. The van der Waals surface area contributed by atoms with Gasteiger partial charge in [-0.15, -0.1) is 0 Å². The predicted octanol–water partition coefficient (Wildman–Crippen LogP) is 3.70. The number of aryl methyl sites for hydroxylation is 2. The van der Waals surface area contributed by atoms with Crippen LogP contribution < -0.4 is 5.32 Å². The first-order valence-corrected chi connectivity index (χ1v) is 14.2. The molecule has 0 bridgehead atoms. The summed E-state index contributed by atoms with van der Waals surface area (Å²) in [7, 11) is 0. The summed E-state index contributed by atoms with van der Waals surface area (Å²) in [5, 5.41) is 3.06. The van der Waals surface area contributed by atoms with Gasteiger partial charge in [-0.25, -0.2) is 4.79 Å². The lowest BCUT2D eigenvalue weighted by atomic mass is 9.91. The summed E-state index contributed by atoms with van der Waals surface area (Å²) in [4.78, 5) is 58.5. The van der Waals surface area contributed by atoms with Gasteiger partial charge in [-0.05, 0) is 64.0 Å². The Bertz CT molecular complexity index is 1170. The molecule has 1 fully saturated rings. The Hall–Kier alpha value is -3.36. The Kier molecular flexibility index (Phi) is 8.67. The third-order valence-corrected chi connectivity index (χ3v) is 8.08. The van der Waals surface area contributed by atoms with Gasteiger partial charge in [0.25, 0.3) is 5.91 Å². The number of benzene rings is 1. The maximum absolute atomic E-state index is 14.2. The highest BCUT2D eigenvalue weighted by molar-refractivity contribution is 6.03. The number of likely N-dealkylation sites (tertiary alicyclic amines) is 1. The van der Waals surface area contributed by atoms with E-state index in [1.165, 1.54) is 0 Å². The van der Waals surface area contributed by atoms with Crippen molar-refractivity contribution in [2.75, 3.05) is 32.8 Å². The smallest absolute Gasteiger partial charge is 0.322 e. The number of urea groups is 1. The number of nitrogens with zero attached hydrogens (tertiary/aromatic N) is 3. The first kappa shape index (κ1) is 28.6. The molecule has 9 nitrogen and oxygen atoms in total. The van der Waals surface area contributed by atoms with Gasteiger partial charge in [-0.3, -0.25) is 19.3 Å². The van der Waals surface area contributed by atoms with E-state index >= 15 is 0 Å². The molecular formula is C30H42N4O5. The van der Waals surface area contributed by atoms with Crippen LogP contribution in [-0.2, 0) is 19.1 Å². The van der Waals surface area contributed by atoms with Crippen LogP contribution in [0.1, 0.15) is 69.7 Å². The van der Waals surface area contributed by atoms with Crippen LogP contribution in [0.15, 0.2) is 29.5 Å². The minimum Gasteiger partial charge on any atom is -0.466 e. The molecule has 3 aliphatic rings. The molecule has 0 aliphatic carbocycles. The van der Waals surface area contributed by atoms with E-state index in [1.54, 1.807) is 21.6 Å². The van der Waals surface area contributed by atoms with Crippen molar-refractivity contribution in [3.63, 3.8) is 0 Å². The van der Waals surface area contributed by atoms with Crippen LogP contribution in [0.3, 0.4) is 0 Å². The number of likely N-dealkylation sites (N-methyl/N-ethyl adjacent to an activating group) is 1. The number of ether oxygens (including phenoxy) is 1. The van der Waals surface area contributed by atoms with Crippen LogP contribution in [-0.4, -0.2) is 77.3 Å². The van der Waals surface area contributed by atoms with E-state index < -0.39 is 12.1 Å². The van der Waals surface area contributed by atoms with E-state index in [0.717, 1.165) is 16.7 Å². The molecule has 2 atom stereocenters. The minimum absolute atomic E-state index is 0.0930. The molecule has 0 aromatic heterocycles. The van der Waals surface area contributed by atoms with E-state index in [2.05, 4.69) is 11.4 Å². The largest absolute Gasteiger partial charge is 0.466 e. The summed E-state index contributed by atoms with van der Waals surface area (Å²) in [6.45, 7) is 13.7. The summed E-state index contributed by atoms with van der Waals surface area (Å²) < 4.78 is 5.18. The van der Waals surface area contributed by atoms with Crippen molar-refractivity contribution in [3.05, 3.63) is 46.2 Å². The second kappa shape index (κ2) is 11.8. The molecule has 1 aromatic rings. The maximum Gasteiger partial charge on any atom is 0.322 e. The number of esters is 1. The number of piperidine rings is 1.